The van der Waals surface area contributed by atoms with Gasteiger partial charge in [-0.05, 0) is 59.6 Å². The molecule has 0 fully saturated rings. The molecule has 0 atom stereocenters. The Morgan fingerprint density at radius 2 is 1.42 bits per heavy atom. The highest BCUT2D eigenvalue weighted by Crippen LogP contribution is 2.34. The molecule has 0 spiro atoms. The third-order valence-corrected chi connectivity index (χ3v) is 6.25. The second kappa shape index (κ2) is 9.18. The Labute approximate surface area is 160 Å². The van der Waals surface area contributed by atoms with Crippen LogP contribution in [0.4, 0.5) is 0 Å². The molecule has 0 unspecified atom stereocenters. The second-order valence-corrected chi connectivity index (χ2v) is 10.0. The molecule has 1 aromatic carbocycles. The van der Waals surface area contributed by atoms with Crippen molar-refractivity contribution in [3.63, 3.8) is 0 Å². The summed E-state index contributed by atoms with van der Waals surface area (Å²) in [7, 11) is -3.90. The minimum Gasteiger partial charge on any atom is -0.285 e. The smallest absolute Gasteiger partial charge is 0.268 e. The van der Waals surface area contributed by atoms with Crippen LogP contribution in [0.5, 0.6) is 0 Å². The molecule has 0 aliphatic carbocycles. The molecule has 1 rings (SSSR count). The lowest BCUT2D eigenvalue weighted by molar-refractivity contribution is 0.486. The van der Waals surface area contributed by atoms with Gasteiger partial charge in [-0.3, -0.25) is 4.55 Å². The van der Waals surface area contributed by atoms with Gasteiger partial charge in [0.05, 0.1) is 5.75 Å². The van der Waals surface area contributed by atoms with Crippen LogP contribution in [0.25, 0.3) is 0 Å². The number of hydrogen-bond donors (Lipinski definition) is 1. The van der Waals surface area contributed by atoms with E-state index in [-0.39, 0.29) is 16.6 Å². The van der Waals surface area contributed by atoms with Crippen molar-refractivity contribution in [3.8, 4) is 0 Å². The van der Waals surface area contributed by atoms with E-state index in [1.54, 1.807) is 0 Å². The van der Waals surface area contributed by atoms with Crippen molar-refractivity contribution in [3.05, 3.63) is 47.0 Å². The summed E-state index contributed by atoms with van der Waals surface area (Å²) in [4.78, 5) is 0. The highest BCUT2D eigenvalue weighted by atomic mass is 32.2. The van der Waals surface area contributed by atoms with Gasteiger partial charge in [0.15, 0.2) is 0 Å². The zero-order chi connectivity index (χ0) is 20.0. The second-order valence-electron chi connectivity index (χ2n) is 8.51. The number of unbranched alkanes of at least 4 members (excludes halogenated alkanes) is 1. The number of allylic oxidation sites excluding steroid dienone is 1. The van der Waals surface area contributed by atoms with E-state index in [0.717, 1.165) is 32.1 Å². The Kier molecular flexibility index (Phi) is 8.09. The zero-order valence-corrected chi connectivity index (χ0v) is 18.1. The quantitative estimate of drug-likeness (QED) is 0.316. The van der Waals surface area contributed by atoms with Gasteiger partial charge in [-0.2, -0.15) is 8.42 Å². The first kappa shape index (κ1) is 22.9. The predicted molar refractivity (Wildman–Crippen MR) is 112 cm³/mol. The van der Waals surface area contributed by atoms with Crippen molar-refractivity contribution in [1.82, 2.24) is 0 Å². The molecule has 0 bridgehead atoms. The third-order valence-electron chi connectivity index (χ3n) is 5.63. The van der Waals surface area contributed by atoms with Crippen LogP contribution < -0.4 is 0 Å². The Bertz CT molecular complexity index is 679. The molecule has 0 aliphatic heterocycles. The first-order valence-corrected chi connectivity index (χ1v) is 11.3. The van der Waals surface area contributed by atoms with Crippen molar-refractivity contribution in [2.24, 2.45) is 0 Å². The minimum atomic E-state index is -3.90. The van der Waals surface area contributed by atoms with E-state index >= 15 is 0 Å². The Morgan fingerprint density at radius 1 is 0.923 bits per heavy atom. The van der Waals surface area contributed by atoms with Crippen LogP contribution in [-0.2, 0) is 27.4 Å². The van der Waals surface area contributed by atoms with Crippen LogP contribution >= 0.6 is 0 Å². The molecular formula is C22H36O3S. The average Bonchev–Trinajstić information content (AvgIpc) is 2.56. The van der Waals surface area contributed by atoms with Crippen LogP contribution in [0.1, 0.15) is 83.9 Å². The van der Waals surface area contributed by atoms with Crippen molar-refractivity contribution < 1.29 is 13.0 Å². The van der Waals surface area contributed by atoms with Crippen LogP contribution in [0.2, 0.25) is 0 Å². The summed E-state index contributed by atoms with van der Waals surface area (Å²) >= 11 is 0. The molecule has 0 aromatic heterocycles. The lowest BCUT2D eigenvalue weighted by Crippen LogP contribution is -2.20. The van der Waals surface area contributed by atoms with Gasteiger partial charge in [-0.1, -0.05) is 71.9 Å². The van der Waals surface area contributed by atoms with Gasteiger partial charge >= 0.3 is 0 Å². The van der Waals surface area contributed by atoms with Crippen molar-refractivity contribution >= 4 is 10.1 Å². The number of aryl methyl sites for hydroxylation is 1. The molecule has 4 heteroatoms. The Balaban J connectivity index is 2.93. The minimum absolute atomic E-state index is 0.157. The first-order valence-electron chi connectivity index (χ1n) is 9.66. The molecule has 0 radical (unpaired) electrons. The van der Waals surface area contributed by atoms with Crippen molar-refractivity contribution in [2.45, 2.75) is 84.5 Å². The molecule has 0 amide bonds. The van der Waals surface area contributed by atoms with Gasteiger partial charge in [0.25, 0.3) is 10.1 Å². The van der Waals surface area contributed by atoms with Gasteiger partial charge in [-0.25, -0.2) is 0 Å². The predicted octanol–water partition coefficient (Wildman–Crippen LogP) is 5.83. The lowest BCUT2D eigenvalue weighted by atomic mass is 9.75. The zero-order valence-electron chi connectivity index (χ0n) is 17.3. The molecule has 0 heterocycles. The first-order chi connectivity index (χ1) is 11.9. The molecule has 0 saturated heterocycles. The van der Waals surface area contributed by atoms with E-state index in [9.17, 15) is 8.42 Å². The standard InChI is InChI=1S/C22H36O3S/c1-7-21(3,4)19-15-18(16-20(17-19)22(5,6)8-2)13-11-9-10-12-14-26(23,24)25/h10,12,15-17H,7-9,11,13-14H2,1-6H3,(H,23,24,25). The third kappa shape index (κ3) is 7.24. The fourth-order valence-electron chi connectivity index (χ4n) is 2.76. The summed E-state index contributed by atoms with van der Waals surface area (Å²) in [6.07, 6.45) is 8.30. The fourth-order valence-corrected chi connectivity index (χ4v) is 3.14. The van der Waals surface area contributed by atoms with Crippen LogP contribution in [-0.4, -0.2) is 18.7 Å². The molecule has 0 aliphatic rings. The van der Waals surface area contributed by atoms with E-state index in [0.29, 0.717) is 0 Å². The molecule has 26 heavy (non-hydrogen) atoms. The van der Waals surface area contributed by atoms with E-state index < -0.39 is 10.1 Å². The summed E-state index contributed by atoms with van der Waals surface area (Å²) < 4.78 is 30.2. The highest BCUT2D eigenvalue weighted by molar-refractivity contribution is 7.85. The normalized spacial score (nSPS) is 13.5. The van der Waals surface area contributed by atoms with E-state index in [1.807, 2.05) is 6.08 Å². The molecule has 0 saturated carbocycles. The Morgan fingerprint density at radius 3 is 1.85 bits per heavy atom. The highest BCUT2D eigenvalue weighted by Gasteiger charge is 2.24. The molecule has 148 valence electrons. The van der Waals surface area contributed by atoms with Gasteiger partial charge in [0.2, 0.25) is 0 Å². The maximum atomic E-state index is 10.7. The average molecular weight is 381 g/mol. The maximum absolute atomic E-state index is 10.7. The van der Waals surface area contributed by atoms with Crippen molar-refractivity contribution in [1.29, 1.82) is 0 Å². The lowest BCUT2D eigenvalue weighted by Gasteiger charge is -2.29. The summed E-state index contributed by atoms with van der Waals surface area (Å²) in [5.41, 5.74) is 4.46. The van der Waals surface area contributed by atoms with Gasteiger partial charge in [0, 0.05) is 0 Å². The SMILES string of the molecule is CCC(C)(C)c1cc(CCCC=CCS(=O)(=O)O)cc(C(C)(C)CC)c1. The monoisotopic (exact) mass is 380 g/mol. The van der Waals surface area contributed by atoms with Crippen LogP contribution in [0.3, 0.4) is 0 Å². The summed E-state index contributed by atoms with van der Waals surface area (Å²) in [5, 5.41) is 0. The summed E-state index contributed by atoms with van der Waals surface area (Å²) in [6, 6.07) is 7.05. The van der Waals surface area contributed by atoms with E-state index in [1.165, 1.54) is 22.8 Å². The van der Waals surface area contributed by atoms with E-state index in [2.05, 4.69) is 59.7 Å². The van der Waals surface area contributed by atoms with Gasteiger partial charge < -0.3 is 0 Å². The van der Waals surface area contributed by atoms with Crippen LogP contribution in [0.15, 0.2) is 30.4 Å². The summed E-state index contributed by atoms with van der Waals surface area (Å²) in [5.74, 6) is -0.304. The molecule has 3 nitrogen and oxygen atoms in total. The van der Waals surface area contributed by atoms with Crippen LogP contribution in [0, 0.1) is 0 Å². The van der Waals surface area contributed by atoms with Crippen molar-refractivity contribution in [2.75, 3.05) is 5.75 Å². The summed E-state index contributed by atoms with van der Waals surface area (Å²) in [6.45, 7) is 13.7. The topological polar surface area (TPSA) is 54.4 Å². The fraction of sp³-hybridized carbons (Fsp3) is 0.636. The molecule has 1 N–H and O–H groups in total. The molecule has 1 aromatic rings. The maximum Gasteiger partial charge on any atom is 0.268 e. The van der Waals surface area contributed by atoms with E-state index in [4.69, 9.17) is 4.55 Å². The van der Waals surface area contributed by atoms with Gasteiger partial charge in [0.1, 0.15) is 0 Å². The number of rotatable bonds is 10. The largest absolute Gasteiger partial charge is 0.285 e. The molecular weight excluding hydrogens is 344 g/mol. The van der Waals surface area contributed by atoms with Gasteiger partial charge in [-0.15, -0.1) is 0 Å². The number of benzene rings is 1. The number of hydrogen-bond acceptors (Lipinski definition) is 2. The Hall–Kier alpha value is -1.13.